The number of likely N-dealkylation sites (tertiary alicyclic amines) is 1. The van der Waals surface area contributed by atoms with E-state index in [0.717, 1.165) is 12.1 Å². The number of methoxy groups -OCH3 is 1. The summed E-state index contributed by atoms with van der Waals surface area (Å²) in [5, 5.41) is 2.58. The standard InChI is InChI=1S/C17H17F3N4O3/c1-26-14-8-21-9-15(23-14)27-13-6-7-24(10-13)16(25)22-12-4-2-11(3-5-12)17(18,19)20/h2-5,8-9,13H,6-7,10H2,1H3,(H,22,25). The molecule has 1 N–H and O–H groups in total. The highest BCUT2D eigenvalue weighted by Gasteiger charge is 2.31. The molecule has 1 atom stereocenters. The molecule has 2 heterocycles. The lowest BCUT2D eigenvalue weighted by Crippen LogP contribution is -2.34. The quantitative estimate of drug-likeness (QED) is 0.879. The van der Waals surface area contributed by atoms with E-state index in [-0.39, 0.29) is 11.8 Å². The predicted molar refractivity (Wildman–Crippen MR) is 89.7 cm³/mol. The number of rotatable bonds is 4. The number of hydrogen-bond donors (Lipinski definition) is 1. The van der Waals surface area contributed by atoms with Crippen molar-refractivity contribution in [3.63, 3.8) is 0 Å². The minimum atomic E-state index is -4.41. The van der Waals surface area contributed by atoms with E-state index in [2.05, 4.69) is 15.3 Å². The first-order chi connectivity index (χ1) is 12.8. The van der Waals surface area contributed by atoms with Crippen LogP contribution >= 0.6 is 0 Å². The normalized spacial score (nSPS) is 16.9. The van der Waals surface area contributed by atoms with Crippen LogP contribution in [0, 0.1) is 0 Å². The van der Waals surface area contributed by atoms with E-state index < -0.39 is 17.8 Å². The fourth-order valence-electron chi connectivity index (χ4n) is 2.61. The van der Waals surface area contributed by atoms with Crippen molar-refractivity contribution in [3.8, 4) is 11.8 Å². The van der Waals surface area contributed by atoms with Gasteiger partial charge in [0, 0.05) is 18.7 Å². The van der Waals surface area contributed by atoms with Crippen molar-refractivity contribution in [2.24, 2.45) is 0 Å². The number of aromatic nitrogens is 2. The zero-order valence-electron chi connectivity index (χ0n) is 14.4. The van der Waals surface area contributed by atoms with E-state index in [4.69, 9.17) is 9.47 Å². The van der Waals surface area contributed by atoms with E-state index >= 15 is 0 Å². The van der Waals surface area contributed by atoms with Crippen molar-refractivity contribution >= 4 is 11.7 Å². The number of benzene rings is 1. The number of hydrogen-bond acceptors (Lipinski definition) is 5. The molecule has 10 heteroatoms. The monoisotopic (exact) mass is 382 g/mol. The summed E-state index contributed by atoms with van der Waals surface area (Å²) >= 11 is 0. The Bertz CT molecular complexity index is 799. The molecule has 144 valence electrons. The third-order valence-corrected chi connectivity index (χ3v) is 3.98. The SMILES string of the molecule is COc1cncc(OC2CCN(C(=O)Nc3ccc(C(F)(F)F)cc3)C2)n1. The molecule has 7 nitrogen and oxygen atoms in total. The Labute approximate surface area is 153 Å². The van der Waals surface area contributed by atoms with Crippen LogP contribution in [0.15, 0.2) is 36.7 Å². The maximum Gasteiger partial charge on any atom is 0.416 e. The van der Waals surface area contributed by atoms with Gasteiger partial charge in [0.15, 0.2) is 0 Å². The van der Waals surface area contributed by atoms with Crippen LogP contribution in [0.3, 0.4) is 0 Å². The molecule has 1 aromatic heterocycles. The highest BCUT2D eigenvalue weighted by Crippen LogP contribution is 2.30. The Morgan fingerprint density at radius 3 is 2.59 bits per heavy atom. The number of nitrogens with zero attached hydrogens (tertiary/aromatic N) is 3. The lowest BCUT2D eigenvalue weighted by molar-refractivity contribution is -0.137. The topological polar surface area (TPSA) is 76.6 Å². The van der Waals surface area contributed by atoms with Gasteiger partial charge in [0.2, 0.25) is 11.8 Å². The summed E-state index contributed by atoms with van der Waals surface area (Å²) in [6.45, 7) is 0.778. The van der Waals surface area contributed by atoms with Crippen LogP contribution in [-0.4, -0.2) is 47.2 Å². The van der Waals surface area contributed by atoms with Gasteiger partial charge in [-0.25, -0.2) is 4.79 Å². The Morgan fingerprint density at radius 1 is 1.22 bits per heavy atom. The number of amides is 2. The summed E-state index contributed by atoms with van der Waals surface area (Å²) in [4.78, 5) is 21.9. The van der Waals surface area contributed by atoms with Gasteiger partial charge in [-0.3, -0.25) is 4.98 Å². The first-order valence-corrected chi connectivity index (χ1v) is 8.11. The van der Waals surface area contributed by atoms with Crippen LogP contribution in [0.1, 0.15) is 12.0 Å². The third-order valence-electron chi connectivity index (χ3n) is 3.98. The second kappa shape index (κ2) is 7.68. The Kier molecular flexibility index (Phi) is 5.33. The Balaban J connectivity index is 1.54. The second-order valence-electron chi connectivity index (χ2n) is 5.88. The van der Waals surface area contributed by atoms with Gasteiger partial charge in [-0.05, 0) is 24.3 Å². The first kappa shape index (κ1) is 18.7. The van der Waals surface area contributed by atoms with Gasteiger partial charge in [-0.15, -0.1) is 0 Å². The molecule has 27 heavy (non-hydrogen) atoms. The van der Waals surface area contributed by atoms with E-state index in [1.165, 1.54) is 36.5 Å². The average Bonchev–Trinajstić information content (AvgIpc) is 3.10. The van der Waals surface area contributed by atoms with Crippen molar-refractivity contribution in [1.29, 1.82) is 0 Å². The number of nitrogens with one attached hydrogen (secondary N) is 1. The molecule has 1 saturated heterocycles. The van der Waals surface area contributed by atoms with Crippen molar-refractivity contribution in [3.05, 3.63) is 42.2 Å². The molecule has 0 saturated carbocycles. The summed E-state index contributed by atoms with van der Waals surface area (Å²) in [5.74, 6) is 0.617. The summed E-state index contributed by atoms with van der Waals surface area (Å²) in [5.41, 5.74) is -0.481. The summed E-state index contributed by atoms with van der Waals surface area (Å²) in [7, 11) is 1.47. The maximum absolute atomic E-state index is 12.6. The van der Waals surface area contributed by atoms with Crippen LogP contribution in [0.4, 0.5) is 23.7 Å². The summed E-state index contributed by atoms with van der Waals surface area (Å²) in [6.07, 6.45) is -1.17. The molecule has 0 bridgehead atoms. The number of ether oxygens (including phenoxy) is 2. The van der Waals surface area contributed by atoms with Gasteiger partial charge in [-0.2, -0.15) is 18.2 Å². The zero-order chi connectivity index (χ0) is 19.4. The molecular formula is C17H17F3N4O3. The lowest BCUT2D eigenvalue weighted by atomic mass is 10.2. The number of anilines is 1. The molecule has 0 aliphatic carbocycles. The molecule has 1 aliphatic rings. The van der Waals surface area contributed by atoms with Gasteiger partial charge < -0.3 is 19.7 Å². The third kappa shape index (κ3) is 4.78. The fourth-order valence-corrected chi connectivity index (χ4v) is 2.61. The molecule has 0 radical (unpaired) electrons. The van der Waals surface area contributed by atoms with Crippen LogP contribution in [0.2, 0.25) is 0 Å². The molecule has 1 fully saturated rings. The number of carbonyl (C=O) groups excluding carboxylic acids is 1. The minimum absolute atomic E-state index is 0.259. The molecule has 1 aliphatic heterocycles. The lowest BCUT2D eigenvalue weighted by Gasteiger charge is -2.18. The highest BCUT2D eigenvalue weighted by molar-refractivity contribution is 5.89. The summed E-state index contributed by atoms with van der Waals surface area (Å²) < 4.78 is 48.4. The van der Waals surface area contributed by atoms with Crippen LogP contribution in [0.25, 0.3) is 0 Å². The molecular weight excluding hydrogens is 365 g/mol. The molecule has 2 amide bonds. The Morgan fingerprint density at radius 2 is 1.93 bits per heavy atom. The van der Waals surface area contributed by atoms with Gasteiger partial charge in [0.05, 0.1) is 31.6 Å². The van der Waals surface area contributed by atoms with Gasteiger partial charge in [0.1, 0.15) is 6.10 Å². The van der Waals surface area contributed by atoms with E-state index in [1.807, 2.05) is 0 Å². The number of alkyl halides is 3. The number of halogens is 3. The van der Waals surface area contributed by atoms with Crippen LogP contribution < -0.4 is 14.8 Å². The van der Waals surface area contributed by atoms with E-state index in [0.29, 0.717) is 31.3 Å². The van der Waals surface area contributed by atoms with E-state index in [9.17, 15) is 18.0 Å². The van der Waals surface area contributed by atoms with Crippen LogP contribution in [0.5, 0.6) is 11.8 Å². The van der Waals surface area contributed by atoms with Crippen molar-refractivity contribution in [2.75, 3.05) is 25.5 Å². The average molecular weight is 382 g/mol. The molecule has 2 aromatic rings. The fraction of sp³-hybridized carbons (Fsp3) is 0.353. The van der Waals surface area contributed by atoms with Crippen molar-refractivity contribution in [2.45, 2.75) is 18.7 Å². The van der Waals surface area contributed by atoms with Crippen LogP contribution in [-0.2, 0) is 6.18 Å². The van der Waals surface area contributed by atoms with Gasteiger partial charge in [-0.1, -0.05) is 0 Å². The second-order valence-corrected chi connectivity index (χ2v) is 5.88. The Hall–Kier alpha value is -3.04. The maximum atomic E-state index is 12.6. The van der Waals surface area contributed by atoms with Crippen molar-refractivity contribution in [1.82, 2.24) is 14.9 Å². The minimum Gasteiger partial charge on any atom is -0.480 e. The first-order valence-electron chi connectivity index (χ1n) is 8.11. The number of carbonyl (C=O) groups is 1. The highest BCUT2D eigenvalue weighted by atomic mass is 19.4. The van der Waals surface area contributed by atoms with Gasteiger partial charge in [0.25, 0.3) is 0 Å². The zero-order valence-corrected chi connectivity index (χ0v) is 14.4. The van der Waals surface area contributed by atoms with Crippen molar-refractivity contribution < 1.29 is 27.4 Å². The molecule has 1 aromatic carbocycles. The molecule has 3 rings (SSSR count). The molecule has 0 spiro atoms. The van der Waals surface area contributed by atoms with Gasteiger partial charge >= 0.3 is 12.2 Å². The largest absolute Gasteiger partial charge is 0.480 e. The predicted octanol–water partition coefficient (Wildman–Crippen LogP) is 3.19. The summed E-state index contributed by atoms with van der Waals surface area (Å²) in [6, 6.07) is 3.88. The van der Waals surface area contributed by atoms with E-state index in [1.54, 1.807) is 0 Å². The molecule has 1 unspecified atom stereocenters. The number of urea groups is 1. The smallest absolute Gasteiger partial charge is 0.416 e.